The monoisotopic (exact) mass is 299 g/mol. The van der Waals surface area contributed by atoms with Crippen LogP contribution < -0.4 is 0 Å². The molecule has 0 aromatic carbocycles. The van der Waals surface area contributed by atoms with Crippen molar-refractivity contribution in [3.05, 3.63) is 0 Å². The second-order valence-corrected chi connectivity index (χ2v) is 11.1. The van der Waals surface area contributed by atoms with Crippen LogP contribution >= 0.6 is 23.2 Å². The van der Waals surface area contributed by atoms with Gasteiger partial charge in [-0.2, -0.15) is 5.06 Å². The van der Waals surface area contributed by atoms with Gasteiger partial charge in [0.15, 0.2) is 0 Å². The predicted octanol–water partition coefficient (Wildman–Crippen LogP) is 4.83. The Kier molecular flexibility index (Phi) is 9.12. The third kappa shape index (κ3) is 9.31. The molecule has 0 aliphatic carbocycles. The number of alkyl halides is 2. The number of rotatable bonds is 9. The summed E-state index contributed by atoms with van der Waals surface area (Å²) in [5.74, 6) is 0. The number of unbranched alkanes of at least 4 members (excludes halogenated alkanes) is 3. The van der Waals surface area contributed by atoms with E-state index in [2.05, 4.69) is 26.6 Å². The Morgan fingerprint density at radius 1 is 1.12 bits per heavy atom. The molecule has 0 saturated heterocycles. The van der Waals surface area contributed by atoms with Crippen molar-refractivity contribution < 1.29 is 4.53 Å². The Labute approximate surface area is 118 Å². The number of halogens is 2. The van der Waals surface area contributed by atoms with E-state index in [4.69, 9.17) is 27.7 Å². The molecule has 104 valence electrons. The van der Waals surface area contributed by atoms with E-state index in [1.54, 1.807) is 0 Å². The lowest BCUT2D eigenvalue weighted by atomic mass is 10.1. The summed E-state index contributed by atoms with van der Waals surface area (Å²) in [5, 5.41) is 1.88. The topological polar surface area (TPSA) is 12.5 Å². The summed E-state index contributed by atoms with van der Waals surface area (Å²) < 4.78 is 5.92. The van der Waals surface area contributed by atoms with Crippen molar-refractivity contribution in [3.8, 4) is 0 Å². The van der Waals surface area contributed by atoms with Gasteiger partial charge in [0.05, 0.1) is 6.04 Å². The molecule has 5 heteroatoms. The number of nitrogens with zero attached hydrogens (tertiary/aromatic N) is 1. The summed E-state index contributed by atoms with van der Waals surface area (Å²) >= 11 is 12.1. The smallest absolute Gasteiger partial charge is 0.212 e. The first-order valence-corrected chi connectivity index (χ1v) is 10.8. The van der Waals surface area contributed by atoms with Gasteiger partial charge in [-0.3, -0.25) is 0 Å². The minimum atomic E-state index is -1.57. The first-order valence-electron chi connectivity index (χ1n) is 6.48. The molecule has 0 aliphatic heterocycles. The lowest BCUT2D eigenvalue weighted by Crippen LogP contribution is -2.43. The van der Waals surface area contributed by atoms with Crippen LogP contribution in [0.5, 0.6) is 0 Å². The zero-order valence-electron chi connectivity index (χ0n) is 11.8. The summed E-state index contributed by atoms with van der Waals surface area (Å²) in [7, 11) is 0.370. The zero-order chi connectivity index (χ0) is 13.5. The van der Waals surface area contributed by atoms with Crippen LogP contribution in [0.2, 0.25) is 19.6 Å². The van der Waals surface area contributed by atoms with E-state index in [-0.39, 0.29) is 6.04 Å². The molecule has 0 aromatic heterocycles. The molecule has 0 aromatic rings. The predicted molar refractivity (Wildman–Crippen MR) is 80.2 cm³/mol. The Balaban J connectivity index is 4.13. The maximum absolute atomic E-state index is 6.04. The van der Waals surface area contributed by atoms with Crippen LogP contribution in [0.1, 0.15) is 39.0 Å². The zero-order valence-corrected chi connectivity index (χ0v) is 14.3. The fraction of sp³-hybridized carbons (Fsp3) is 1.00. The molecule has 0 saturated carbocycles. The van der Waals surface area contributed by atoms with Crippen LogP contribution in [0.4, 0.5) is 0 Å². The van der Waals surface area contributed by atoms with E-state index in [9.17, 15) is 0 Å². The second kappa shape index (κ2) is 8.76. The van der Waals surface area contributed by atoms with Gasteiger partial charge >= 0.3 is 0 Å². The highest BCUT2D eigenvalue weighted by molar-refractivity contribution is 6.69. The van der Waals surface area contributed by atoms with E-state index < -0.39 is 13.2 Å². The van der Waals surface area contributed by atoms with Crippen molar-refractivity contribution in [1.82, 2.24) is 5.06 Å². The van der Waals surface area contributed by atoms with E-state index in [1.165, 1.54) is 19.3 Å². The van der Waals surface area contributed by atoms with E-state index >= 15 is 0 Å². The quantitative estimate of drug-likeness (QED) is 0.262. The Hall–Kier alpha value is 0.717. The molecular formula is C12H27Cl2NOSi. The first-order chi connectivity index (χ1) is 7.78. The van der Waals surface area contributed by atoms with Crippen molar-refractivity contribution >= 4 is 31.5 Å². The van der Waals surface area contributed by atoms with Crippen LogP contribution in [0.15, 0.2) is 0 Å². The Morgan fingerprint density at radius 3 is 2.12 bits per heavy atom. The molecule has 2 nitrogen and oxygen atoms in total. The van der Waals surface area contributed by atoms with Crippen molar-refractivity contribution in [2.24, 2.45) is 0 Å². The van der Waals surface area contributed by atoms with Gasteiger partial charge < -0.3 is 4.53 Å². The van der Waals surface area contributed by atoms with E-state index in [1.807, 2.05) is 12.1 Å². The summed E-state index contributed by atoms with van der Waals surface area (Å²) in [6, 6.07) is 0.0990. The average molecular weight is 300 g/mol. The lowest BCUT2D eigenvalue weighted by Gasteiger charge is -2.33. The molecule has 0 amide bonds. The molecule has 0 heterocycles. The van der Waals surface area contributed by atoms with E-state index in [0.29, 0.717) is 0 Å². The largest absolute Gasteiger partial charge is 0.343 e. The maximum Gasteiger partial charge on any atom is 0.212 e. The molecule has 0 bridgehead atoms. The minimum absolute atomic E-state index is 0.0990. The summed E-state index contributed by atoms with van der Waals surface area (Å²) in [4.78, 5) is -0.391. The summed E-state index contributed by atoms with van der Waals surface area (Å²) in [6.45, 7) is 8.70. The van der Waals surface area contributed by atoms with Crippen molar-refractivity contribution in [1.29, 1.82) is 0 Å². The fourth-order valence-corrected chi connectivity index (χ4v) is 3.32. The number of hydrogen-bond acceptors (Lipinski definition) is 2. The van der Waals surface area contributed by atoms with Crippen LogP contribution in [0, 0.1) is 0 Å². The molecule has 1 unspecified atom stereocenters. The van der Waals surface area contributed by atoms with Gasteiger partial charge in [0.2, 0.25) is 8.32 Å². The summed E-state index contributed by atoms with van der Waals surface area (Å²) in [5.41, 5.74) is 0. The summed E-state index contributed by atoms with van der Waals surface area (Å²) in [6.07, 6.45) is 5.93. The van der Waals surface area contributed by atoms with Crippen LogP contribution in [0.3, 0.4) is 0 Å². The second-order valence-electron chi connectivity index (χ2n) is 5.50. The molecule has 0 N–H and O–H groups in total. The molecule has 0 rings (SSSR count). The molecule has 0 aliphatic rings. The standard InChI is InChI=1S/C12H27Cl2NOSi/c1-6-7-8-9-10-11(12(13)14)15(2)16-17(3,4)5/h11-12H,6-10H2,1-5H3. The highest BCUT2D eigenvalue weighted by atomic mass is 35.5. The van der Waals surface area contributed by atoms with Crippen LogP contribution in [0.25, 0.3) is 0 Å². The van der Waals surface area contributed by atoms with Crippen LogP contribution in [-0.2, 0) is 4.53 Å². The van der Waals surface area contributed by atoms with Crippen LogP contribution in [-0.4, -0.2) is 31.3 Å². The van der Waals surface area contributed by atoms with Gasteiger partial charge in [-0.1, -0.05) is 32.6 Å². The Morgan fingerprint density at radius 2 is 1.71 bits per heavy atom. The minimum Gasteiger partial charge on any atom is -0.343 e. The maximum atomic E-state index is 6.04. The highest BCUT2D eigenvalue weighted by Gasteiger charge is 2.26. The van der Waals surface area contributed by atoms with Crippen molar-refractivity contribution in [2.45, 2.75) is 69.5 Å². The molecule has 0 radical (unpaired) electrons. The highest BCUT2D eigenvalue weighted by Crippen LogP contribution is 2.22. The van der Waals surface area contributed by atoms with Gasteiger partial charge in [0, 0.05) is 7.05 Å². The lowest BCUT2D eigenvalue weighted by molar-refractivity contribution is -0.0786. The van der Waals surface area contributed by atoms with E-state index in [0.717, 1.165) is 12.8 Å². The first kappa shape index (κ1) is 17.7. The normalized spacial score (nSPS) is 14.6. The number of hydrogen-bond donors (Lipinski definition) is 0. The van der Waals surface area contributed by atoms with Crippen molar-refractivity contribution in [3.63, 3.8) is 0 Å². The van der Waals surface area contributed by atoms with Gasteiger partial charge in [-0.05, 0) is 26.1 Å². The van der Waals surface area contributed by atoms with Gasteiger partial charge in [0.25, 0.3) is 0 Å². The molecule has 0 fully saturated rings. The van der Waals surface area contributed by atoms with Crippen molar-refractivity contribution in [2.75, 3.05) is 7.05 Å². The molecule has 17 heavy (non-hydrogen) atoms. The van der Waals surface area contributed by atoms with Gasteiger partial charge in [-0.15, -0.1) is 23.2 Å². The average Bonchev–Trinajstić information content (AvgIpc) is 2.14. The van der Waals surface area contributed by atoms with Gasteiger partial charge in [0.1, 0.15) is 4.84 Å². The molecule has 0 spiro atoms. The van der Waals surface area contributed by atoms with Gasteiger partial charge in [-0.25, -0.2) is 0 Å². The molecular weight excluding hydrogens is 273 g/mol. The third-order valence-corrected chi connectivity index (χ3v) is 3.95. The Bertz CT molecular complexity index is 197. The fourth-order valence-electron chi connectivity index (χ4n) is 1.75. The third-order valence-electron chi connectivity index (χ3n) is 2.53. The number of hydroxylamine groups is 2. The molecule has 1 atom stereocenters. The SMILES string of the molecule is CCCCCCC(C(Cl)Cl)N(C)O[Si](C)(C)C.